The Hall–Kier alpha value is -2.65. The van der Waals surface area contributed by atoms with Gasteiger partial charge in [0, 0.05) is 30.7 Å². The van der Waals surface area contributed by atoms with Crippen LogP contribution in [0.1, 0.15) is 41.7 Å². The molecule has 1 saturated heterocycles. The second-order valence-electron chi connectivity index (χ2n) is 7.43. The molecule has 0 saturated carbocycles. The van der Waals surface area contributed by atoms with Gasteiger partial charge in [-0.05, 0) is 54.3 Å². The van der Waals surface area contributed by atoms with Crippen LogP contribution in [0.25, 0.3) is 10.8 Å². The summed E-state index contributed by atoms with van der Waals surface area (Å²) in [6.45, 7) is 4.30. The van der Waals surface area contributed by atoms with Gasteiger partial charge in [0.2, 0.25) is 0 Å². The lowest BCUT2D eigenvalue weighted by atomic mass is 9.98. The molecule has 1 amide bonds. The number of rotatable bonds is 4. The van der Waals surface area contributed by atoms with Gasteiger partial charge in [0.25, 0.3) is 5.91 Å². The monoisotopic (exact) mass is 358 g/mol. The third kappa shape index (κ3) is 4.04. The lowest BCUT2D eigenvalue weighted by Crippen LogP contribution is -2.45. The van der Waals surface area contributed by atoms with Crippen LogP contribution in [0.5, 0.6) is 0 Å². The molecule has 3 nitrogen and oxygen atoms in total. The zero-order chi connectivity index (χ0) is 18.6. The van der Waals surface area contributed by atoms with E-state index in [1.54, 1.807) is 0 Å². The highest BCUT2D eigenvalue weighted by molar-refractivity contribution is 5.94. The lowest BCUT2D eigenvalue weighted by Gasteiger charge is -2.36. The molecule has 3 aromatic rings. The van der Waals surface area contributed by atoms with E-state index in [-0.39, 0.29) is 11.9 Å². The Morgan fingerprint density at radius 1 is 0.926 bits per heavy atom. The zero-order valence-corrected chi connectivity index (χ0v) is 15.8. The third-order valence-corrected chi connectivity index (χ3v) is 5.70. The summed E-state index contributed by atoms with van der Waals surface area (Å²) in [6.07, 6.45) is 1.99. The maximum absolute atomic E-state index is 12.3. The van der Waals surface area contributed by atoms with Crippen molar-refractivity contribution in [2.24, 2.45) is 0 Å². The minimum atomic E-state index is 0.0385. The molecule has 1 N–H and O–H groups in total. The Kier molecular flexibility index (Phi) is 5.21. The number of hydrogen-bond donors (Lipinski definition) is 1. The molecule has 3 aromatic carbocycles. The third-order valence-electron chi connectivity index (χ3n) is 5.70. The van der Waals surface area contributed by atoms with Crippen molar-refractivity contribution in [3.63, 3.8) is 0 Å². The fourth-order valence-electron chi connectivity index (χ4n) is 3.97. The number of hydrogen-bond acceptors (Lipinski definition) is 2. The summed E-state index contributed by atoms with van der Waals surface area (Å²) in [6, 6.07) is 25.4. The van der Waals surface area contributed by atoms with Crippen molar-refractivity contribution in [2.45, 2.75) is 31.8 Å². The van der Waals surface area contributed by atoms with Crippen molar-refractivity contribution in [1.29, 1.82) is 0 Å². The fraction of sp³-hybridized carbons (Fsp3) is 0.292. The SMILES string of the molecule is CC(c1ccc2ccccc2c1)N1CCC(NC(=O)c2ccccc2)CC1. The molecule has 4 rings (SSSR count). The molecular formula is C24H26N2O. The predicted octanol–water partition coefficient (Wildman–Crippen LogP) is 4.80. The number of carbonyl (C=O) groups excluding carboxylic acids is 1. The minimum absolute atomic E-state index is 0.0385. The number of benzene rings is 3. The van der Waals surface area contributed by atoms with E-state index < -0.39 is 0 Å². The Morgan fingerprint density at radius 2 is 1.59 bits per heavy atom. The van der Waals surface area contributed by atoms with Crippen LogP contribution in [0.2, 0.25) is 0 Å². The maximum atomic E-state index is 12.3. The molecular weight excluding hydrogens is 332 g/mol. The van der Waals surface area contributed by atoms with Crippen LogP contribution < -0.4 is 5.32 Å². The van der Waals surface area contributed by atoms with Gasteiger partial charge >= 0.3 is 0 Å². The Bertz CT molecular complexity index is 914. The van der Waals surface area contributed by atoms with Gasteiger partial charge in [-0.3, -0.25) is 9.69 Å². The van der Waals surface area contributed by atoms with Gasteiger partial charge in [0.1, 0.15) is 0 Å². The second kappa shape index (κ2) is 7.93. The molecule has 1 fully saturated rings. The summed E-state index contributed by atoms with van der Waals surface area (Å²) >= 11 is 0. The van der Waals surface area contributed by atoms with E-state index in [0.717, 1.165) is 31.5 Å². The van der Waals surface area contributed by atoms with Gasteiger partial charge < -0.3 is 5.32 Å². The summed E-state index contributed by atoms with van der Waals surface area (Å²) in [7, 11) is 0. The first-order chi connectivity index (χ1) is 13.2. The first-order valence-electron chi connectivity index (χ1n) is 9.79. The van der Waals surface area contributed by atoms with Crippen LogP contribution >= 0.6 is 0 Å². The predicted molar refractivity (Wildman–Crippen MR) is 111 cm³/mol. The average molecular weight is 358 g/mol. The topological polar surface area (TPSA) is 32.3 Å². The molecule has 3 heteroatoms. The van der Waals surface area contributed by atoms with E-state index >= 15 is 0 Å². The van der Waals surface area contributed by atoms with Crippen LogP contribution in [0.4, 0.5) is 0 Å². The molecule has 0 aliphatic carbocycles. The van der Waals surface area contributed by atoms with E-state index in [9.17, 15) is 4.79 Å². The highest BCUT2D eigenvalue weighted by atomic mass is 16.1. The van der Waals surface area contributed by atoms with Crippen LogP contribution in [-0.4, -0.2) is 29.9 Å². The summed E-state index contributed by atoms with van der Waals surface area (Å²) in [5, 5.41) is 5.78. The van der Waals surface area contributed by atoms with Crippen molar-refractivity contribution in [1.82, 2.24) is 10.2 Å². The van der Waals surface area contributed by atoms with Crippen molar-refractivity contribution >= 4 is 16.7 Å². The first kappa shape index (κ1) is 17.7. The summed E-state index contributed by atoms with van der Waals surface area (Å²) in [5.41, 5.74) is 2.10. The number of likely N-dealkylation sites (tertiary alicyclic amines) is 1. The molecule has 1 unspecified atom stereocenters. The molecule has 0 radical (unpaired) electrons. The molecule has 0 bridgehead atoms. The van der Waals surface area contributed by atoms with E-state index in [1.807, 2.05) is 30.3 Å². The van der Waals surface area contributed by atoms with Crippen molar-refractivity contribution in [3.05, 3.63) is 83.9 Å². The summed E-state index contributed by atoms with van der Waals surface area (Å²) in [4.78, 5) is 14.9. The van der Waals surface area contributed by atoms with Gasteiger partial charge in [0.05, 0.1) is 0 Å². The molecule has 27 heavy (non-hydrogen) atoms. The Balaban J connectivity index is 1.36. The smallest absolute Gasteiger partial charge is 0.251 e. The van der Waals surface area contributed by atoms with Gasteiger partial charge in [0.15, 0.2) is 0 Å². The van der Waals surface area contributed by atoms with Crippen molar-refractivity contribution < 1.29 is 4.79 Å². The van der Waals surface area contributed by atoms with Gasteiger partial charge in [-0.15, -0.1) is 0 Å². The maximum Gasteiger partial charge on any atom is 0.251 e. The van der Waals surface area contributed by atoms with E-state index in [4.69, 9.17) is 0 Å². The standard InChI is InChI=1S/C24H26N2O/c1-18(21-12-11-19-7-5-6-10-22(19)17-21)26-15-13-23(14-16-26)25-24(27)20-8-3-2-4-9-20/h2-12,17-18,23H,13-16H2,1H3,(H,25,27). The first-order valence-corrected chi connectivity index (χ1v) is 9.79. The van der Waals surface area contributed by atoms with Gasteiger partial charge in [-0.2, -0.15) is 0 Å². The summed E-state index contributed by atoms with van der Waals surface area (Å²) in [5.74, 6) is 0.0385. The number of nitrogens with zero attached hydrogens (tertiary/aromatic N) is 1. The van der Waals surface area contributed by atoms with Crippen LogP contribution in [0.3, 0.4) is 0 Å². The molecule has 1 atom stereocenters. The minimum Gasteiger partial charge on any atom is -0.349 e. The second-order valence-corrected chi connectivity index (χ2v) is 7.43. The van der Waals surface area contributed by atoms with Crippen molar-refractivity contribution in [3.8, 4) is 0 Å². The number of piperidine rings is 1. The highest BCUT2D eigenvalue weighted by Crippen LogP contribution is 2.27. The molecule has 1 aliphatic heterocycles. The largest absolute Gasteiger partial charge is 0.349 e. The number of nitrogens with one attached hydrogen (secondary N) is 1. The van der Waals surface area contributed by atoms with Crippen LogP contribution in [-0.2, 0) is 0 Å². The molecule has 1 aliphatic rings. The fourth-order valence-corrected chi connectivity index (χ4v) is 3.97. The normalized spacial score (nSPS) is 16.9. The number of fused-ring (bicyclic) bond motifs is 1. The van der Waals surface area contributed by atoms with E-state index in [2.05, 4.69) is 59.6 Å². The van der Waals surface area contributed by atoms with Crippen LogP contribution in [0, 0.1) is 0 Å². The zero-order valence-electron chi connectivity index (χ0n) is 15.8. The van der Waals surface area contributed by atoms with Crippen LogP contribution in [0.15, 0.2) is 72.8 Å². The molecule has 138 valence electrons. The molecule has 0 aromatic heterocycles. The molecule has 0 spiro atoms. The number of carbonyl (C=O) groups is 1. The van der Waals surface area contributed by atoms with Gasteiger partial charge in [-0.1, -0.05) is 54.6 Å². The van der Waals surface area contributed by atoms with E-state index in [1.165, 1.54) is 16.3 Å². The quantitative estimate of drug-likeness (QED) is 0.727. The number of amides is 1. The lowest BCUT2D eigenvalue weighted by molar-refractivity contribution is 0.0896. The average Bonchev–Trinajstić information content (AvgIpc) is 2.74. The molecule has 1 heterocycles. The highest BCUT2D eigenvalue weighted by Gasteiger charge is 2.24. The Morgan fingerprint density at radius 3 is 2.33 bits per heavy atom. The van der Waals surface area contributed by atoms with E-state index in [0.29, 0.717) is 6.04 Å². The Labute approximate surface area is 161 Å². The summed E-state index contributed by atoms with van der Waals surface area (Å²) < 4.78 is 0. The van der Waals surface area contributed by atoms with Gasteiger partial charge in [-0.25, -0.2) is 0 Å². The van der Waals surface area contributed by atoms with Crippen molar-refractivity contribution in [2.75, 3.05) is 13.1 Å².